The molecular weight excluding hydrogens is 451 g/mol. The number of likely N-dealkylation sites (tertiary alicyclic amines) is 1. The van der Waals surface area contributed by atoms with Gasteiger partial charge in [-0.05, 0) is 64.3 Å². The molecule has 1 saturated heterocycles. The Morgan fingerprint density at radius 3 is 2.80 bits per heavy atom. The number of aromatic nitrogens is 3. The van der Waals surface area contributed by atoms with E-state index < -0.39 is 6.10 Å². The van der Waals surface area contributed by atoms with Crippen LogP contribution in [0.15, 0.2) is 27.5 Å². The quantitative estimate of drug-likeness (QED) is 0.490. The second kappa shape index (κ2) is 9.89. The van der Waals surface area contributed by atoms with Crippen molar-refractivity contribution < 1.29 is 18.4 Å². The van der Waals surface area contributed by atoms with E-state index in [1.165, 1.54) is 12.1 Å². The summed E-state index contributed by atoms with van der Waals surface area (Å²) in [5.74, 6) is 0.257. The van der Waals surface area contributed by atoms with Gasteiger partial charge in [-0.25, -0.2) is 9.37 Å². The van der Waals surface area contributed by atoms with Gasteiger partial charge in [0.1, 0.15) is 5.82 Å². The maximum atomic E-state index is 13.5. The van der Waals surface area contributed by atoms with Gasteiger partial charge in [-0.3, -0.25) is 14.2 Å². The molecule has 4 heterocycles. The van der Waals surface area contributed by atoms with Crippen LogP contribution in [0.4, 0.5) is 4.39 Å². The fourth-order valence-electron chi connectivity index (χ4n) is 5.31. The van der Waals surface area contributed by atoms with Crippen molar-refractivity contribution in [3.05, 3.63) is 57.1 Å². The lowest BCUT2D eigenvalue weighted by molar-refractivity contribution is -0.150. The van der Waals surface area contributed by atoms with Crippen LogP contribution >= 0.6 is 0 Å². The largest absolute Gasteiger partial charge is 0.454 e. The second-order valence-electron chi connectivity index (χ2n) is 9.54. The van der Waals surface area contributed by atoms with Gasteiger partial charge >= 0.3 is 5.97 Å². The molecule has 0 amide bonds. The summed E-state index contributed by atoms with van der Waals surface area (Å²) in [7, 11) is 0. The number of benzene rings is 1. The fourth-order valence-corrected chi connectivity index (χ4v) is 5.31. The Morgan fingerprint density at radius 1 is 1.23 bits per heavy atom. The van der Waals surface area contributed by atoms with Crippen LogP contribution in [0.1, 0.15) is 73.8 Å². The zero-order valence-electron chi connectivity index (χ0n) is 20.3. The van der Waals surface area contributed by atoms with Crippen molar-refractivity contribution in [2.75, 3.05) is 19.6 Å². The molecule has 2 aliphatic rings. The smallest absolute Gasteiger partial charge is 0.306 e. The first-order chi connectivity index (χ1) is 16.9. The van der Waals surface area contributed by atoms with Gasteiger partial charge in [0.2, 0.25) is 0 Å². The number of aryl methyl sites for hydroxylation is 1. The zero-order chi connectivity index (χ0) is 24.5. The lowest BCUT2D eigenvalue weighted by Gasteiger charge is -2.31. The monoisotopic (exact) mass is 482 g/mol. The number of esters is 1. The third kappa shape index (κ3) is 4.74. The Labute approximate surface area is 203 Å². The summed E-state index contributed by atoms with van der Waals surface area (Å²) < 4.78 is 26.0. The van der Waals surface area contributed by atoms with Crippen molar-refractivity contribution in [1.82, 2.24) is 19.6 Å². The molecule has 0 radical (unpaired) electrons. The van der Waals surface area contributed by atoms with Crippen molar-refractivity contribution in [1.29, 1.82) is 0 Å². The SMILES string of the molecule is CCC(=O)OC1CCCn2c1nc(C)c(CCN1CCC(c3noc4cc(F)ccc34)CC1)c2=O. The minimum atomic E-state index is -0.445. The summed E-state index contributed by atoms with van der Waals surface area (Å²) in [5, 5.41) is 5.11. The number of carbonyl (C=O) groups excluding carboxylic acids is 1. The fraction of sp³-hybridized carbons (Fsp3) is 0.538. The van der Waals surface area contributed by atoms with Crippen molar-refractivity contribution in [3.8, 4) is 0 Å². The molecule has 0 aliphatic carbocycles. The maximum Gasteiger partial charge on any atom is 0.306 e. The number of fused-ring (bicyclic) bond motifs is 2. The minimum Gasteiger partial charge on any atom is -0.454 e. The molecular formula is C26H31FN4O4. The molecule has 0 saturated carbocycles. The highest BCUT2D eigenvalue weighted by Crippen LogP contribution is 2.33. The van der Waals surface area contributed by atoms with E-state index in [0.29, 0.717) is 37.2 Å². The van der Waals surface area contributed by atoms with E-state index in [-0.39, 0.29) is 23.3 Å². The lowest BCUT2D eigenvalue weighted by Crippen LogP contribution is -2.38. The van der Waals surface area contributed by atoms with Crippen LogP contribution in [-0.4, -0.2) is 45.2 Å². The Balaban J connectivity index is 1.23. The lowest BCUT2D eigenvalue weighted by atomic mass is 9.91. The van der Waals surface area contributed by atoms with E-state index in [9.17, 15) is 14.0 Å². The van der Waals surface area contributed by atoms with E-state index in [4.69, 9.17) is 14.2 Å². The predicted molar refractivity (Wildman–Crippen MR) is 128 cm³/mol. The molecule has 0 N–H and O–H groups in total. The molecule has 1 unspecified atom stereocenters. The highest BCUT2D eigenvalue weighted by atomic mass is 19.1. The number of halogens is 1. The number of ether oxygens (including phenoxy) is 1. The molecule has 8 nitrogen and oxygen atoms in total. The van der Waals surface area contributed by atoms with Crippen LogP contribution in [0.2, 0.25) is 0 Å². The third-order valence-corrected chi connectivity index (χ3v) is 7.31. The third-order valence-electron chi connectivity index (χ3n) is 7.31. The van der Waals surface area contributed by atoms with Gasteiger partial charge in [-0.1, -0.05) is 12.1 Å². The van der Waals surface area contributed by atoms with Gasteiger partial charge in [0.05, 0.1) is 5.69 Å². The van der Waals surface area contributed by atoms with Crippen LogP contribution < -0.4 is 5.56 Å². The number of hydrogen-bond acceptors (Lipinski definition) is 7. The van der Waals surface area contributed by atoms with E-state index >= 15 is 0 Å². The van der Waals surface area contributed by atoms with Gasteiger partial charge in [-0.2, -0.15) is 0 Å². The van der Waals surface area contributed by atoms with E-state index in [2.05, 4.69) is 10.1 Å². The first-order valence-electron chi connectivity index (χ1n) is 12.5. The van der Waals surface area contributed by atoms with Gasteiger partial charge in [0.25, 0.3) is 5.56 Å². The molecule has 0 spiro atoms. The summed E-state index contributed by atoms with van der Waals surface area (Å²) in [6.07, 6.45) is 3.85. The molecule has 2 aromatic heterocycles. The molecule has 1 fully saturated rings. The van der Waals surface area contributed by atoms with Crippen LogP contribution in [-0.2, 0) is 22.5 Å². The average Bonchev–Trinajstić information content (AvgIpc) is 3.27. The summed E-state index contributed by atoms with van der Waals surface area (Å²) in [4.78, 5) is 32.2. The van der Waals surface area contributed by atoms with Crippen LogP contribution in [0.3, 0.4) is 0 Å². The maximum absolute atomic E-state index is 13.5. The highest BCUT2D eigenvalue weighted by molar-refractivity contribution is 5.79. The molecule has 1 atom stereocenters. The number of hydrogen-bond donors (Lipinski definition) is 0. The Morgan fingerprint density at radius 2 is 2.03 bits per heavy atom. The van der Waals surface area contributed by atoms with Crippen LogP contribution in [0.25, 0.3) is 11.0 Å². The van der Waals surface area contributed by atoms with Crippen molar-refractivity contribution in [2.24, 2.45) is 0 Å². The molecule has 1 aromatic carbocycles. The predicted octanol–water partition coefficient (Wildman–Crippen LogP) is 4.04. The molecule has 35 heavy (non-hydrogen) atoms. The summed E-state index contributed by atoms with van der Waals surface area (Å²) in [6.45, 7) is 6.81. The topological polar surface area (TPSA) is 90.5 Å². The average molecular weight is 483 g/mol. The standard InChI is InChI=1S/C26H31FN4O4/c1-3-23(32)34-21-5-4-11-31-25(21)28-16(2)19(26(31)33)10-14-30-12-8-17(9-13-30)24-20-7-6-18(27)15-22(20)35-29-24/h6-7,15,17,21H,3-5,8-14H2,1-2H3. The molecule has 9 heteroatoms. The molecule has 3 aromatic rings. The van der Waals surface area contributed by atoms with Crippen molar-refractivity contribution >= 4 is 16.9 Å². The number of carbonyl (C=O) groups is 1. The summed E-state index contributed by atoms with van der Waals surface area (Å²) >= 11 is 0. The van der Waals surface area contributed by atoms with E-state index in [0.717, 1.165) is 61.2 Å². The molecule has 2 aliphatic heterocycles. The molecule has 186 valence electrons. The summed E-state index contributed by atoms with van der Waals surface area (Å²) in [5.41, 5.74) is 2.84. The van der Waals surface area contributed by atoms with E-state index in [1.807, 2.05) is 6.92 Å². The normalized spacial score (nSPS) is 19.1. The first-order valence-corrected chi connectivity index (χ1v) is 12.5. The number of rotatable bonds is 6. The van der Waals surface area contributed by atoms with Crippen molar-refractivity contribution in [2.45, 2.75) is 70.9 Å². The van der Waals surface area contributed by atoms with Gasteiger partial charge in [-0.15, -0.1) is 0 Å². The van der Waals surface area contributed by atoms with Gasteiger partial charge in [0.15, 0.2) is 17.5 Å². The Kier molecular flexibility index (Phi) is 6.69. The van der Waals surface area contributed by atoms with Gasteiger partial charge < -0.3 is 14.2 Å². The van der Waals surface area contributed by atoms with Crippen LogP contribution in [0.5, 0.6) is 0 Å². The van der Waals surface area contributed by atoms with Gasteiger partial charge in [0, 0.05) is 48.1 Å². The second-order valence-corrected chi connectivity index (χ2v) is 9.54. The summed E-state index contributed by atoms with van der Waals surface area (Å²) in [6, 6.07) is 4.57. The molecule has 5 rings (SSSR count). The molecule has 0 bridgehead atoms. The Bertz CT molecular complexity index is 1290. The zero-order valence-corrected chi connectivity index (χ0v) is 20.3. The Hall–Kier alpha value is -3.07. The highest BCUT2D eigenvalue weighted by Gasteiger charge is 2.29. The minimum absolute atomic E-state index is 0.0130. The number of piperidine rings is 1. The first kappa shape index (κ1) is 23.7. The van der Waals surface area contributed by atoms with Crippen LogP contribution in [0, 0.1) is 12.7 Å². The van der Waals surface area contributed by atoms with E-state index in [1.54, 1.807) is 17.6 Å². The van der Waals surface area contributed by atoms with Crippen molar-refractivity contribution in [3.63, 3.8) is 0 Å². The number of nitrogens with zero attached hydrogens (tertiary/aromatic N) is 4.